The summed E-state index contributed by atoms with van der Waals surface area (Å²) < 4.78 is 10.7. The van der Waals surface area contributed by atoms with Crippen LogP contribution in [-0.4, -0.2) is 43.7 Å². The molecule has 1 aliphatic heterocycles. The van der Waals surface area contributed by atoms with Gasteiger partial charge in [-0.3, -0.25) is 4.79 Å². The van der Waals surface area contributed by atoms with Crippen LogP contribution in [0.5, 0.6) is 11.5 Å². The van der Waals surface area contributed by atoms with Gasteiger partial charge in [0.15, 0.2) is 0 Å². The Bertz CT molecular complexity index is 453. The van der Waals surface area contributed by atoms with Gasteiger partial charge in [-0.15, -0.1) is 12.4 Å². The van der Waals surface area contributed by atoms with Crippen molar-refractivity contribution in [1.29, 1.82) is 0 Å². The van der Waals surface area contributed by atoms with E-state index in [0.717, 1.165) is 37.3 Å². The van der Waals surface area contributed by atoms with E-state index in [9.17, 15) is 4.79 Å². The Balaban J connectivity index is 0.00000242. The van der Waals surface area contributed by atoms with Crippen LogP contribution in [0.3, 0.4) is 0 Å². The van der Waals surface area contributed by atoms with E-state index in [1.54, 1.807) is 7.11 Å². The van der Waals surface area contributed by atoms with Crippen LogP contribution in [0, 0.1) is 0 Å². The number of halogens is 1. The van der Waals surface area contributed by atoms with E-state index < -0.39 is 0 Å². The number of methoxy groups -OCH3 is 1. The fraction of sp³-hybridized carbons (Fsp3) is 0.562. The van der Waals surface area contributed by atoms with Crippen LogP contribution >= 0.6 is 12.4 Å². The van der Waals surface area contributed by atoms with Gasteiger partial charge in [0.1, 0.15) is 11.5 Å². The maximum absolute atomic E-state index is 12.0. The number of rotatable bonds is 6. The molecule has 0 aliphatic carbocycles. The Hall–Kier alpha value is -1.46. The number of ether oxygens (including phenoxy) is 2. The van der Waals surface area contributed by atoms with E-state index in [1.807, 2.05) is 29.2 Å². The fourth-order valence-corrected chi connectivity index (χ4v) is 2.48. The van der Waals surface area contributed by atoms with Crippen molar-refractivity contribution < 1.29 is 14.3 Å². The average molecular weight is 329 g/mol. The predicted molar refractivity (Wildman–Crippen MR) is 88.8 cm³/mol. The fourth-order valence-electron chi connectivity index (χ4n) is 2.48. The van der Waals surface area contributed by atoms with Crippen LogP contribution in [0.1, 0.15) is 25.7 Å². The van der Waals surface area contributed by atoms with E-state index in [1.165, 1.54) is 0 Å². The molecule has 1 unspecified atom stereocenters. The van der Waals surface area contributed by atoms with Crippen molar-refractivity contribution in [3.05, 3.63) is 24.3 Å². The van der Waals surface area contributed by atoms with E-state index in [2.05, 4.69) is 0 Å². The van der Waals surface area contributed by atoms with Crippen LogP contribution < -0.4 is 15.2 Å². The number of amides is 1. The quantitative estimate of drug-likeness (QED) is 0.813. The zero-order valence-corrected chi connectivity index (χ0v) is 13.8. The van der Waals surface area contributed by atoms with Crippen LogP contribution in [-0.2, 0) is 4.79 Å². The summed E-state index contributed by atoms with van der Waals surface area (Å²) in [4.78, 5) is 13.9. The van der Waals surface area contributed by atoms with E-state index >= 15 is 0 Å². The molecule has 0 aromatic heterocycles. The SMILES string of the molecule is COc1ccc(OCCCC(=O)N2CCCC(N)C2)cc1.Cl. The Kier molecular flexibility index (Phi) is 8.06. The van der Waals surface area contributed by atoms with Crippen molar-refractivity contribution in [3.8, 4) is 11.5 Å². The molecule has 1 amide bonds. The summed E-state index contributed by atoms with van der Waals surface area (Å²) in [5.74, 6) is 1.78. The highest BCUT2D eigenvalue weighted by Gasteiger charge is 2.20. The molecule has 6 heteroatoms. The minimum atomic E-state index is 0. The number of benzene rings is 1. The number of likely N-dealkylation sites (tertiary alicyclic amines) is 1. The van der Waals surface area contributed by atoms with Gasteiger partial charge in [0.2, 0.25) is 5.91 Å². The molecule has 0 radical (unpaired) electrons. The third-order valence-corrected chi connectivity index (χ3v) is 3.67. The first-order valence-electron chi connectivity index (χ1n) is 7.49. The topological polar surface area (TPSA) is 64.8 Å². The number of nitrogens with zero attached hydrogens (tertiary/aromatic N) is 1. The predicted octanol–water partition coefficient (Wildman–Crippen LogP) is 2.23. The number of carbonyl (C=O) groups excluding carboxylic acids is 1. The molecule has 2 N–H and O–H groups in total. The van der Waals surface area contributed by atoms with Gasteiger partial charge in [0, 0.05) is 25.6 Å². The molecule has 1 aromatic carbocycles. The van der Waals surface area contributed by atoms with Crippen LogP contribution in [0.15, 0.2) is 24.3 Å². The lowest BCUT2D eigenvalue weighted by Gasteiger charge is -2.30. The van der Waals surface area contributed by atoms with Crippen molar-refractivity contribution >= 4 is 18.3 Å². The van der Waals surface area contributed by atoms with E-state index in [4.69, 9.17) is 15.2 Å². The molecule has 1 aliphatic rings. The third kappa shape index (κ3) is 5.73. The molecule has 1 atom stereocenters. The van der Waals surface area contributed by atoms with Crippen LogP contribution in [0.4, 0.5) is 0 Å². The zero-order valence-electron chi connectivity index (χ0n) is 13.0. The minimum absolute atomic E-state index is 0. The van der Waals surface area contributed by atoms with Crippen molar-refractivity contribution in [2.75, 3.05) is 26.8 Å². The lowest BCUT2D eigenvalue weighted by Crippen LogP contribution is -2.45. The number of hydrogen-bond acceptors (Lipinski definition) is 4. The van der Waals surface area contributed by atoms with Gasteiger partial charge in [-0.25, -0.2) is 0 Å². The summed E-state index contributed by atoms with van der Waals surface area (Å²) in [6, 6.07) is 7.58. The molecular weight excluding hydrogens is 304 g/mol. The highest BCUT2D eigenvalue weighted by molar-refractivity contribution is 5.85. The monoisotopic (exact) mass is 328 g/mol. The second kappa shape index (κ2) is 9.54. The van der Waals surface area contributed by atoms with Crippen molar-refractivity contribution in [1.82, 2.24) is 4.90 Å². The number of nitrogens with two attached hydrogens (primary N) is 1. The molecule has 1 saturated heterocycles. The van der Waals surface area contributed by atoms with E-state index in [-0.39, 0.29) is 24.4 Å². The van der Waals surface area contributed by atoms with Gasteiger partial charge < -0.3 is 20.1 Å². The molecule has 1 fully saturated rings. The highest BCUT2D eigenvalue weighted by Crippen LogP contribution is 2.17. The maximum atomic E-state index is 12.0. The largest absolute Gasteiger partial charge is 0.497 e. The van der Waals surface area contributed by atoms with Gasteiger partial charge in [0.05, 0.1) is 13.7 Å². The van der Waals surface area contributed by atoms with Gasteiger partial charge in [0.25, 0.3) is 0 Å². The van der Waals surface area contributed by atoms with Gasteiger partial charge in [-0.2, -0.15) is 0 Å². The summed E-state index contributed by atoms with van der Waals surface area (Å²) in [5.41, 5.74) is 5.89. The van der Waals surface area contributed by atoms with Gasteiger partial charge in [-0.1, -0.05) is 0 Å². The maximum Gasteiger partial charge on any atom is 0.222 e. The summed E-state index contributed by atoms with van der Waals surface area (Å²) in [6.45, 7) is 2.07. The third-order valence-electron chi connectivity index (χ3n) is 3.67. The Morgan fingerprint density at radius 2 is 2.00 bits per heavy atom. The first-order chi connectivity index (χ1) is 10.2. The summed E-state index contributed by atoms with van der Waals surface area (Å²) >= 11 is 0. The Morgan fingerprint density at radius 1 is 1.32 bits per heavy atom. The lowest BCUT2D eigenvalue weighted by molar-refractivity contribution is -0.132. The molecule has 1 heterocycles. The first-order valence-corrected chi connectivity index (χ1v) is 7.49. The number of carbonyl (C=O) groups is 1. The first kappa shape index (κ1) is 18.6. The van der Waals surface area contributed by atoms with Crippen LogP contribution in [0.25, 0.3) is 0 Å². The molecule has 0 saturated carbocycles. The average Bonchev–Trinajstić information content (AvgIpc) is 2.52. The van der Waals surface area contributed by atoms with Gasteiger partial charge >= 0.3 is 0 Å². The standard InChI is InChI=1S/C16H24N2O3.ClH/c1-20-14-6-8-15(9-7-14)21-11-3-5-16(19)18-10-2-4-13(17)12-18;/h6-9,13H,2-5,10-12,17H2,1H3;1H. The lowest BCUT2D eigenvalue weighted by atomic mass is 10.1. The number of piperidine rings is 1. The van der Waals surface area contributed by atoms with E-state index in [0.29, 0.717) is 19.6 Å². The number of hydrogen-bond donors (Lipinski definition) is 1. The molecule has 5 nitrogen and oxygen atoms in total. The van der Waals surface area contributed by atoms with Crippen LogP contribution in [0.2, 0.25) is 0 Å². The second-order valence-electron chi connectivity index (χ2n) is 5.37. The summed E-state index contributed by atoms with van der Waals surface area (Å²) in [7, 11) is 1.63. The molecular formula is C16H25ClN2O3. The molecule has 124 valence electrons. The summed E-state index contributed by atoms with van der Waals surface area (Å²) in [6.07, 6.45) is 3.26. The van der Waals surface area contributed by atoms with Crippen molar-refractivity contribution in [2.45, 2.75) is 31.7 Å². The summed E-state index contributed by atoms with van der Waals surface area (Å²) in [5, 5.41) is 0. The molecule has 0 spiro atoms. The zero-order chi connectivity index (χ0) is 15.1. The van der Waals surface area contributed by atoms with Gasteiger partial charge in [-0.05, 0) is 43.5 Å². The molecule has 0 bridgehead atoms. The Morgan fingerprint density at radius 3 is 2.64 bits per heavy atom. The smallest absolute Gasteiger partial charge is 0.222 e. The molecule has 2 rings (SSSR count). The minimum Gasteiger partial charge on any atom is -0.497 e. The second-order valence-corrected chi connectivity index (χ2v) is 5.37. The highest BCUT2D eigenvalue weighted by atomic mass is 35.5. The van der Waals surface area contributed by atoms with Crippen molar-refractivity contribution in [2.24, 2.45) is 5.73 Å². The van der Waals surface area contributed by atoms with Crippen molar-refractivity contribution in [3.63, 3.8) is 0 Å². The molecule has 1 aromatic rings. The Labute approximate surface area is 138 Å². The normalized spacial score (nSPS) is 17.5. The molecule has 22 heavy (non-hydrogen) atoms.